The largest absolute Gasteiger partial charge is 0.264 e. The third-order valence-electron chi connectivity index (χ3n) is 2.68. The Morgan fingerprint density at radius 2 is 2.17 bits per heavy atom. The Bertz CT molecular complexity index is 533. The summed E-state index contributed by atoms with van der Waals surface area (Å²) >= 11 is 1.46. The number of aromatic nitrogens is 1. The highest BCUT2D eigenvalue weighted by atomic mass is 32.2. The minimum atomic E-state index is -1.33. The van der Waals surface area contributed by atoms with Gasteiger partial charge < -0.3 is 0 Å². The van der Waals surface area contributed by atoms with E-state index in [4.69, 9.17) is 0 Å². The van der Waals surface area contributed by atoms with E-state index in [0.717, 1.165) is 0 Å². The van der Waals surface area contributed by atoms with Crippen molar-refractivity contribution in [2.45, 2.75) is 6.92 Å². The van der Waals surface area contributed by atoms with E-state index in [9.17, 15) is 10.5 Å². The minimum Gasteiger partial charge on any atom is -0.264 e. The van der Waals surface area contributed by atoms with Gasteiger partial charge in [0, 0.05) is 12.4 Å². The molecule has 0 N–H and O–H groups in total. The summed E-state index contributed by atoms with van der Waals surface area (Å²) in [4.78, 5) is 3.99. The van der Waals surface area contributed by atoms with Gasteiger partial charge in [-0.15, -0.1) is 11.8 Å². The molecule has 0 fully saturated rings. The summed E-state index contributed by atoms with van der Waals surface area (Å²) < 4.78 is 0. The van der Waals surface area contributed by atoms with Gasteiger partial charge in [-0.25, -0.2) is 0 Å². The summed E-state index contributed by atoms with van der Waals surface area (Å²) in [7, 11) is 0. The quantitative estimate of drug-likeness (QED) is 0.827. The molecule has 1 aromatic rings. The number of nitriles is 2. The van der Waals surface area contributed by atoms with Gasteiger partial charge in [0.1, 0.15) is 0 Å². The molecule has 1 aromatic heterocycles. The van der Waals surface area contributed by atoms with Crippen molar-refractivity contribution < 1.29 is 0 Å². The highest BCUT2D eigenvalue weighted by Crippen LogP contribution is 2.39. The summed E-state index contributed by atoms with van der Waals surface area (Å²) in [6.45, 7) is 5.68. The molecule has 0 aliphatic carbocycles. The fourth-order valence-electron chi connectivity index (χ4n) is 1.60. The van der Waals surface area contributed by atoms with E-state index >= 15 is 0 Å². The lowest BCUT2D eigenvalue weighted by molar-refractivity contribution is 0.816. The highest BCUT2D eigenvalue weighted by Gasteiger charge is 2.36. The van der Waals surface area contributed by atoms with E-state index in [-0.39, 0.29) is 0 Å². The lowest BCUT2D eigenvalue weighted by atomic mass is 9.75. The topological polar surface area (TPSA) is 60.5 Å². The molecule has 0 aliphatic heterocycles. The second-order valence-corrected chi connectivity index (χ2v) is 4.44. The maximum absolute atomic E-state index is 9.40. The Hall–Kier alpha value is -2.04. The van der Waals surface area contributed by atoms with E-state index in [0.29, 0.717) is 16.7 Å². The summed E-state index contributed by atoms with van der Waals surface area (Å²) in [6, 6.07) is 7.71. The molecule has 0 amide bonds. The van der Waals surface area contributed by atoms with Crippen LogP contribution < -0.4 is 0 Å². The average Bonchev–Trinajstić information content (AvgIpc) is 2.42. The molecule has 0 bridgehead atoms. The molecular formula is C14H13N3S. The van der Waals surface area contributed by atoms with E-state index in [1.165, 1.54) is 11.8 Å². The molecule has 0 atom stereocenters. The molecule has 18 heavy (non-hydrogen) atoms. The summed E-state index contributed by atoms with van der Waals surface area (Å²) in [5.74, 6) is 0. The molecule has 90 valence electrons. The molecule has 1 rings (SSSR count). The Morgan fingerprint density at radius 3 is 2.61 bits per heavy atom. The van der Waals surface area contributed by atoms with Crippen LogP contribution in [0.2, 0.25) is 0 Å². The van der Waals surface area contributed by atoms with Gasteiger partial charge in [0.25, 0.3) is 0 Å². The summed E-state index contributed by atoms with van der Waals surface area (Å²) in [5.41, 5.74) is 0.512. The molecule has 0 spiro atoms. The first-order chi connectivity index (χ1) is 8.62. The molecule has 0 saturated heterocycles. The predicted octanol–water partition coefficient (Wildman–Crippen LogP) is 3.40. The zero-order chi connectivity index (χ0) is 13.6. The molecule has 1 heterocycles. The SMILES string of the molecule is C=C(c1cccnc1)C(C#N)(C#N)/C(C)=C/SC. The molecule has 0 saturated carbocycles. The van der Waals surface area contributed by atoms with Crippen LogP contribution in [0.3, 0.4) is 0 Å². The lowest BCUT2D eigenvalue weighted by Crippen LogP contribution is -2.19. The van der Waals surface area contributed by atoms with Crippen molar-refractivity contribution in [3.05, 3.63) is 47.6 Å². The van der Waals surface area contributed by atoms with E-state index in [1.807, 2.05) is 6.26 Å². The Kier molecular flexibility index (Phi) is 4.71. The predicted molar refractivity (Wildman–Crippen MR) is 74.2 cm³/mol. The Morgan fingerprint density at radius 1 is 1.50 bits per heavy atom. The van der Waals surface area contributed by atoms with Gasteiger partial charge in [-0.2, -0.15) is 10.5 Å². The normalized spacial score (nSPS) is 11.4. The van der Waals surface area contributed by atoms with Crippen molar-refractivity contribution in [1.29, 1.82) is 10.5 Å². The van der Waals surface area contributed by atoms with Crippen molar-refractivity contribution in [3.8, 4) is 12.1 Å². The first-order valence-corrected chi connectivity index (χ1v) is 6.53. The minimum absolute atomic E-state index is 0.461. The second-order valence-electron chi connectivity index (χ2n) is 3.73. The number of nitrogens with zero attached hydrogens (tertiary/aromatic N) is 3. The number of hydrogen-bond donors (Lipinski definition) is 0. The van der Waals surface area contributed by atoms with Crippen LogP contribution in [0.1, 0.15) is 12.5 Å². The fourth-order valence-corrected chi connectivity index (χ4v) is 2.13. The third-order valence-corrected chi connectivity index (χ3v) is 3.27. The molecule has 0 aromatic carbocycles. The van der Waals surface area contributed by atoms with Crippen LogP contribution in [0.4, 0.5) is 0 Å². The smallest absolute Gasteiger partial charge is 0.190 e. The molecule has 0 aliphatic rings. The van der Waals surface area contributed by atoms with Crippen molar-refractivity contribution in [3.63, 3.8) is 0 Å². The Labute approximate surface area is 111 Å². The Balaban J connectivity index is 3.33. The van der Waals surface area contributed by atoms with Crippen molar-refractivity contribution >= 4 is 17.3 Å². The maximum Gasteiger partial charge on any atom is 0.190 e. The summed E-state index contributed by atoms with van der Waals surface area (Å²) in [5, 5.41) is 20.6. The van der Waals surface area contributed by atoms with Crippen LogP contribution in [-0.2, 0) is 0 Å². The van der Waals surface area contributed by atoms with Crippen molar-refractivity contribution in [2.75, 3.05) is 6.26 Å². The second kappa shape index (κ2) is 6.05. The van der Waals surface area contributed by atoms with Crippen LogP contribution >= 0.6 is 11.8 Å². The monoisotopic (exact) mass is 255 g/mol. The van der Waals surface area contributed by atoms with Crippen molar-refractivity contribution in [1.82, 2.24) is 4.98 Å². The van der Waals surface area contributed by atoms with E-state index in [1.54, 1.807) is 36.9 Å². The molecular weight excluding hydrogens is 242 g/mol. The van der Waals surface area contributed by atoms with Crippen LogP contribution in [-0.4, -0.2) is 11.2 Å². The van der Waals surface area contributed by atoms with Gasteiger partial charge in [-0.1, -0.05) is 12.6 Å². The van der Waals surface area contributed by atoms with Crippen LogP contribution in [0.25, 0.3) is 5.57 Å². The molecule has 4 heteroatoms. The number of allylic oxidation sites excluding steroid dienone is 2. The van der Waals surface area contributed by atoms with E-state index in [2.05, 4.69) is 23.7 Å². The molecule has 0 radical (unpaired) electrons. The van der Waals surface area contributed by atoms with Gasteiger partial charge in [0.15, 0.2) is 5.41 Å². The van der Waals surface area contributed by atoms with E-state index < -0.39 is 5.41 Å². The number of thioether (sulfide) groups is 1. The molecule has 3 nitrogen and oxygen atoms in total. The van der Waals surface area contributed by atoms with Crippen LogP contribution in [0, 0.1) is 28.1 Å². The zero-order valence-electron chi connectivity index (χ0n) is 10.3. The highest BCUT2D eigenvalue weighted by molar-refractivity contribution is 8.01. The van der Waals surface area contributed by atoms with Crippen LogP contribution in [0.15, 0.2) is 42.1 Å². The fraction of sp³-hybridized carbons (Fsp3) is 0.214. The lowest BCUT2D eigenvalue weighted by Gasteiger charge is -2.22. The van der Waals surface area contributed by atoms with Gasteiger partial charge in [-0.3, -0.25) is 4.98 Å². The standard InChI is InChI=1S/C14H13N3S/c1-11(8-18-3)14(9-15,10-16)12(2)13-5-4-6-17-7-13/h4-8H,2H2,1,3H3/b11-8+. The first kappa shape index (κ1) is 14.0. The number of rotatable bonds is 4. The van der Waals surface area contributed by atoms with Crippen molar-refractivity contribution in [2.24, 2.45) is 5.41 Å². The maximum atomic E-state index is 9.40. The first-order valence-electron chi connectivity index (χ1n) is 5.24. The van der Waals surface area contributed by atoms with Crippen LogP contribution in [0.5, 0.6) is 0 Å². The molecule has 0 unspecified atom stereocenters. The van der Waals surface area contributed by atoms with Gasteiger partial charge >= 0.3 is 0 Å². The van der Waals surface area contributed by atoms with Gasteiger partial charge in [0.2, 0.25) is 0 Å². The summed E-state index contributed by atoms with van der Waals surface area (Å²) in [6.07, 6.45) is 5.13. The number of hydrogen-bond acceptors (Lipinski definition) is 4. The zero-order valence-corrected chi connectivity index (χ0v) is 11.2. The van der Waals surface area contributed by atoms with Gasteiger partial charge in [-0.05, 0) is 41.4 Å². The average molecular weight is 255 g/mol. The third kappa shape index (κ3) is 2.45. The number of pyridine rings is 1. The van der Waals surface area contributed by atoms with Gasteiger partial charge in [0.05, 0.1) is 12.1 Å².